The molecule has 0 aliphatic carbocycles. The molecule has 0 aliphatic heterocycles. The summed E-state index contributed by atoms with van der Waals surface area (Å²) in [5.74, 6) is 0. The Hall–Kier alpha value is -1.21. The lowest BCUT2D eigenvalue weighted by Gasteiger charge is -2.13. The third kappa shape index (κ3) is 6.29. The lowest BCUT2D eigenvalue weighted by Crippen LogP contribution is -2.25. The molecule has 0 radical (unpaired) electrons. The second-order valence-electron chi connectivity index (χ2n) is 4.41. The van der Waals surface area contributed by atoms with E-state index in [1.807, 2.05) is 0 Å². The van der Waals surface area contributed by atoms with Gasteiger partial charge in [0.05, 0.1) is 5.56 Å². The number of rotatable bonds is 7. The Labute approximate surface area is 113 Å². The summed E-state index contributed by atoms with van der Waals surface area (Å²) in [5, 5.41) is 0. The Bertz CT molecular complexity index is 391. The lowest BCUT2D eigenvalue weighted by atomic mass is 10.0. The monoisotopic (exact) mass is 297 g/mol. The zero-order valence-corrected chi connectivity index (χ0v) is 10.7. The van der Waals surface area contributed by atoms with Crippen LogP contribution in [0.15, 0.2) is 24.3 Å². The van der Waals surface area contributed by atoms with Crippen molar-refractivity contribution in [3.63, 3.8) is 0 Å². The third-order valence-corrected chi connectivity index (χ3v) is 2.66. The van der Waals surface area contributed by atoms with Crippen molar-refractivity contribution >= 4 is 0 Å². The van der Waals surface area contributed by atoms with E-state index in [2.05, 4.69) is 4.74 Å². The Balaban J connectivity index is 2.37. The van der Waals surface area contributed by atoms with E-state index in [-0.39, 0.29) is 12.6 Å². The first-order valence-electron chi connectivity index (χ1n) is 6.06. The maximum Gasteiger partial charge on any atom is 0.416 e. The van der Waals surface area contributed by atoms with E-state index in [0.717, 1.165) is 12.1 Å². The van der Waals surface area contributed by atoms with Crippen molar-refractivity contribution in [3.8, 4) is 0 Å². The average Bonchev–Trinajstić information content (AvgIpc) is 2.34. The molecule has 114 valence electrons. The minimum absolute atomic E-state index is 0.103. The molecule has 20 heavy (non-hydrogen) atoms. The standard InChI is InChI=1S/C13H16F5NO/c14-12(15)8-20-6-5-11(19)7-9-1-3-10(4-2-9)13(16,17)18/h1-4,11-12H,5-8,19H2. The minimum Gasteiger partial charge on any atom is -0.375 e. The molecule has 1 unspecified atom stereocenters. The van der Waals surface area contributed by atoms with Gasteiger partial charge in [-0.05, 0) is 30.5 Å². The van der Waals surface area contributed by atoms with E-state index in [1.165, 1.54) is 12.1 Å². The van der Waals surface area contributed by atoms with Gasteiger partial charge in [0, 0.05) is 12.6 Å². The van der Waals surface area contributed by atoms with Crippen LogP contribution in [-0.2, 0) is 17.3 Å². The normalized spacial score (nSPS) is 13.8. The van der Waals surface area contributed by atoms with Gasteiger partial charge >= 0.3 is 6.18 Å². The van der Waals surface area contributed by atoms with Gasteiger partial charge in [-0.25, -0.2) is 8.78 Å². The van der Waals surface area contributed by atoms with Crippen LogP contribution in [0.4, 0.5) is 22.0 Å². The summed E-state index contributed by atoms with van der Waals surface area (Å²) in [6.07, 6.45) is -6.13. The lowest BCUT2D eigenvalue weighted by molar-refractivity contribution is -0.137. The fourth-order valence-electron chi connectivity index (χ4n) is 1.64. The number of ether oxygens (including phenoxy) is 1. The van der Waals surface area contributed by atoms with Crippen molar-refractivity contribution in [2.45, 2.75) is 31.5 Å². The van der Waals surface area contributed by atoms with Crippen molar-refractivity contribution in [2.75, 3.05) is 13.2 Å². The molecular weight excluding hydrogens is 281 g/mol. The van der Waals surface area contributed by atoms with Crippen LogP contribution in [0.2, 0.25) is 0 Å². The molecular formula is C13H16F5NO. The van der Waals surface area contributed by atoms with Gasteiger partial charge in [-0.1, -0.05) is 12.1 Å². The fraction of sp³-hybridized carbons (Fsp3) is 0.538. The Morgan fingerprint density at radius 2 is 1.70 bits per heavy atom. The summed E-state index contributed by atoms with van der Waals surface area (Å²) in [5.41, 5.74) is 5.71. The van der Waals surface area contributed by atoms with Gasteiger partial charge in [0.15, 0.2) is 0 Å². The van der Waals surface area contributed by atoms with Crippen LogP contribution in [0.25, 0.3) is 0 Å². The molecule has 1 aromatic rings. The number of hydrogen-bond acceptors (Lipinski definition) is 2. The topological polar surface area (TPSA) is 35.2 Å². The summed E-state index contributed by atoms with van der Waals surface area (Å²) in [6.45, 7) is -0.529. The van der Waals surface area contributed by atoms with Crippen LogP contribution in [0.5, 0.6) is 0 Å². The predicted octanol–water partition coefficient (Wildman–Crippen LogP) is 3.25. The highest BCUT2D eigenvalue weighted by molar-refractivity contribution is 5.25. The Morgan fingerprint density at radius 1 is 1.10 bits per heavy atom. The molecule has 0 bridgehead atoms. The Morgan fingerprint density at radius 3 is 2.20 bits per heavy atom. The first-order valence-corrected chi connectivity index (χ1v) is 6.06. The van der Waals surface area contributed by atoms with Crippen molar-refractivity contribution in [2.24, 2.45) is 5.73 Å². The molecule has 0 aliphatic rings. The average molecular weight is 297 g/mol. The maximum absolute atomic E-state index is 12.4. The molecule has 0 spiro atoms. The third-order valence-electron chi connectivity index (χ3n) is 2.66. The van der Waals surface area contributed by atoms with E-state index >= 15 is 0 Å². The van der Waals surface area contributed by atoms with Crippen molar-refractivity contribution in [1.82, 2.24) is 0 Å². The maximum atomic E-state index is 12.4. The largest absolute Gasteiger partial charge is 0.416 e. The van der Waals surface area contributed by atoms with E-state index in [4.69, 9.17) is 5.73 Å². The molecule has 1 atom stereocenters. The molecule has 1 aromatic carbocycles. The quantitative estimate of drug-likeness (QED) is 0.619. The van der Waals surface area contributed by atoms with Gasteiger partial charge in [-0.3, -0.25) is 0 Å². The van der Waals surface area contributed by atoms with E-state index in [1.54, 1.807) is 0 Å². The van der Waals surface area contributed by atoms with Crippen LogP contribution in [0.1, 0.15) is 17.5 Å². The molecule has 0 aromatic heterocycles. The molecule has 0 amide bonds. The molecule has 7 heteroatoms. The molecule has 1 rings (SSSR count). The smallest absolute Gasteiger partial charge is 0.375 e. The number of benzene rings is 1. The van der Waals surface area contributed by atoms with Gasteiger partial charge in [0.2, 0.25) is 0 Å². The van der Waals surface area contributed by atoms with Crippen LogP contribution in [-0.4, -0.2) is 25.7 Å². The van der Waals surface area contributed by atoms with Crippen LogP contribution >= 0.6 is 0 Å². The van der Waals surface area contributed by atoms with E-state index in [0.29, 0.717) is 18.4 Å². The van der Waals surface area contributed by atoms with Gasteiger partial charge in [0.25, 0.3) is 6.43 Å². The number of nitrogens with two attached hydrogens (primary N) is 1. The SMILES string of the molecule is NC(CCOCC(F)F)Cc1ccc(C(F)(F)F)cc1. The molecule has 2 N–H and O–H groups in total. The van der Waals surface area contributed by atoms with Gasteiger partial charge in [0.1, 0.15) is 6.61 Å². The summed E-state index contributed by atoms with van der Waals surface area (Å²) in [4.78, 5) is 0. The highest BCUT2D eigenvalue weighted by atomic mass is 19.4. The zero-order chi connectivity index (χ0) is 15.2. The first-order chi connectivity index (χ1) is 9.29. The van der Waals surface area contributed by atoms with Crippen LogP contribution in [0, 0.1) is 0 Å². The second kappa shape index (κ2) is 7.54. The molecule has 0 heterocycles. The van der Waals surface area contributed by atoms with Crippen molar-refractivity contribution < 1.29 is 26.7 Å². The first kappa shape index (κ1) is 16.8. The number of alkyl halides is 5. The van der Waals surface area contributed by atoms with E-state index < -0.39 is 24.8 Å². The van der Waals surface area contributed by atoms with Gasteiger partial charge in [-0.2, -0.15) is 13.2 Å². The highest BCUT2D eigenvalue weighted by Gasteiger charge is 2.29. The van der Waals surface area contributed by atoms with Crippen molar-refractivity contribution in [3.05, 3.63) is 35.4 Å². The second-order valence-corrected chi connectivity index (χ2v) is 4.41. The molecule has 0 fully saturated rings. The van der Waals surface area contributed by atoms with Crippen molar-refractivity contribution in [1.29, 1.82) is 0 Å². The Kier molecular flexibility index (Phi) is 6.35. The zero-order valence-electron chi connectivity index (χ0n) is 10.7. The molecule has 0 saturated heterocycles. The molecule has 0 saturated carbocycles. The summed E-state index contributed by atoms with van der Waals surface area (Å²) in [6, 6.07) is 4.38. The fourth-order valence-corrected chi connectivity index (χ4v) is 1.64. The summed E-state index contributed by atoms with van der Waals surface area (Å²) < 4.78 is 65.3. The number of halogens is 5. The minimum atomic E-state index is -4.36. The number of hydrogen-bond donors (Lipinski definition) is 1. The van der Waals surface area contributed by atoms with Crippen LogP contribution < -0.4 is 5.73 Å². The van der Waals surface area contributed by atoms with Crippen LogP contribution in [0.3, 0.4) is 0 Å². The van der Waals surface area contributed by atoms with E-state index in [9.17, 15) is 22.0 Å². The van der Waals surface area contributed by atoms with Gasteiger partial charge < -0.3 is 10.5 Å². The highest BCUT2D eigenvalue weighted by Crippen LogP contribution is 2.29. The summed E-state index contributed by atoms with van der Waals surface area (Å²) in [7, 11) is 0. The predicted molar refractivity (Wildman–Crippen MR) is 64.6 cm³/mol. The van der Waals surface area contributed by atoms with Gasteiger partial charge in [-0.15, -0.1) is 0 Å². The molecule has 2 nitrogen and oxygen atoms in total. The summed E-state index contributed by atoms with van der Waals surface area (Å²) >= 11 is 0.